The SMILES string of the molecule is CCC1=CC[C@H]2C[C@@H](C[N+](=O)[O-])[C@H]12. The van der Waals surface area contributed by atoms with Gasteiger partial charge in [0, 0.05) is 10.8 Å². The Kier molecular flexibility index (Phi) is 2.10. The van der Waals surface area contributed by atoms with Gasteiger partial charge in [0.15, 0.2) is 0 Å². The number of hydrogen-bond acceptors (Lipinski definition) is 2. The zero-order chi connectivity index (χ0) is 9.42. The molecular formula is C10H15NO2. The van der Waals surface area contributed by atoms with E-state index in [0.717, 1.165) is 18.8 Å². The van der Waals surface area contributed by atoms with Crippen molar-refractivity contribution in [1.29, 1.82) is 0 Å². The fourth-order valence-electron chi connectivity index (χ4n) is 2.92. The standard InChI is InChI=1S/C10H15NO2/c1-2-7-3-4-8-5-9(10(7)8)6-11(12)13/h3,8-10H,2,4-6H2,1H3/t8-,9-,10+/m0/s1. The first-order valence-corrected chi connectivity index (χ1v) is 5.03. The van der Waals surface area contributed by atoms with Gasteiger partial charge in [0.1, 0.15) is 0 Å². The molecule has 0 aromatic rings. The first kappa shape index (κ1) is 8.73. The number of hydrogen-bond donors (Lipinski definition) is 0. The Morgan fingerprint density at radius 2 is 2.46 bits per heavy atom. The van der Waals surface area contributed by atoms with E-state index in [1.165, 1.54) is 12.0 Å². The van der Waals surface area contributed by atoms with Crippen LogP contribution in [0, 0.1) is 27.9 Å². The summed E-state index contributed by atoms with van der Waals surface area (Å²) in [7, 11) is 0. The van der Waals surface area contributed by atoms with Gasteiger partial charge in [-0.05, 0) is 31.1 Å². The molecule has 0 aromatic heterocycles. The van der Waals surface area contributed by atoms with Gasteiger partial charge in [-0.1, -0.05) is 18.6 Å². The maximum absolute atomic E-state index is 10.4. The first-order chi connectivity index (χ1) is 6.22. The van der Waals surface area contributed by atoms with Crippen LogP contribution >= 0.6 is 0 Å². The minimum atomic E-state index is -0.160. The molecule has 0 saturated heterocycles. The molecule has 3 nitrogen and oxygen atoms in total. The van der Waals surface area contributed by atoms with Crippen molar-refractivity contribution in [3.8, 4) is 0 Å². The van der Waals surface area contributed by atoms with Gasteiger partial charge in [-0.3, -0.25) is 10.1 Å². The summed E-state index contributed by atoms with van der Waals surface area (Å²) in [5.41, 5.74) is 1.48. The van der Waals surface area contributed by atoms with Crippen molar-refractivity contribution in [3.63, 3.8) is 0 Å². The van der Waals surface area contributed by atoms with Crippen molar-refractivity contribution in [2.75, 3.05) is 6.54 Å². The Morgan fingerprint density at radius 3 is 3.08 bits per heavy atom. The van der Waals surface area contributed by atoms with Gasteiger partial charge in [-0.25, -0.2) is 0 Å². The molecule has 2 aliphatic rings. The van der Waals surface area contributed by atoms with Crippen LogP contribution in [0.1, 0.15) is 26.2 Å². The predicted octanol–water partition coefficient (Wildman–Crippen LogP) is 2.26. The van der Waals surface area contributed by atoms with E-state index in [2.05, 4.69) is 13.0 Å². The van der Waals surface area contributed by atoms with E-state index in [1.54, 1.807) is 0 Å². The zero-order valence-electron chi connectivity index (χ0n) is 7.90. The molecule has 0 bridgehead atoms. The van der Waals surface area contributed by atoms with Gasteiger partial charge in [0.2, 0.25) is 6.54 Å². The van der Waals surface area contributed by atoms with E-state index in [9.17, 15) is 10.1 Å². The highest BCUT2D eigenvalue weighted by Crippen LogP contribution is 2.51. The lowest BCUT2D eigenvalue weighted by molar-refractivity contribution is -0.493. The van der Waals surface area contributed by atoms with Crippen molar-refractivity contribution in [2.24, 2.45) is 17.8 Å². The van der Waals surface area contributed by atoms with E-state index in [4.69, 9.17) is 0 Å². The Morgan fingerprint density at radius 1 is 1.69 bits per heavy atom. The van der Waals surface area contributed by atoms with Crippen LogP contribution in [0.3, 0.4) is 0 Å². The largest absolute Gasteiger partial charge is 0.265 e. The number of fused-ring (bicyclic) bond motifs is 1. The summed E-state index contributed by atoms with van der Waals surface area (Å²) in [5.74, 6) is 1.66. The molecule has 1 saturated carbocycles. The molecule has 0 aromatic carbocycles. The zero-order valence-corrected chi connectivity index (χ0v) is 7.90. The molecule has 0 spiro atoms. The van der Waals surface area contributed by atoms with E-state index in [-0.39, 0.29) is 11.5 Å². The quantitative estimate of drug-likeness (QED) is 0.381. The molecule has 72 valence electrons. The predicted molar refractivity (Wildman–Crippen MR) is 49.9 cm³/mol. The molecule has 0 heterocycles. The Hall–Kier alpha value is -0.860. The number of allylic oxidation sites excluding steroid dienone is 2. The van der Waals surface area contributed by atoms with Crippen LogP contribution in [-0.4, -0.2) is 11.5 Å². The normalized spacial score (nSPS) is 36.4. The van der Waals surface area contributed by atoms with Crippen LogP contribution in [0.25, 0.3) is 0 Å². The molecule has 2 aliphatic carbocycles. The van der Waals surface area contributed by atoms with Crippen LogP contribution in [0.15, 0.2) is 11.6 Å². The summed E-state index contributed by atoms with van der Waals surface area (Å²) in [6.07, 6.45) is 5.62. The molecule has 13 heavy (non-hydrogen) atoms. The van der Waals surface area contributed by atoms with Crippen molar-refractivity contribution in [3.05, 3.63) is 21.8 Å². The molecular weight excluding hydrogens is 166 g/mol. The summed E-state index contributed by atoms with van der Waals surface area (Å²) in [5, 5.41) is 10.4. The summed E-state index contributed by atoms with van der Waals surface area (Å²) < 4.78 is 0. The second kappa shape index (κ2) is 3.13. The van der Waals surface area contributed by atoms with Crippen LogP contribution in [-0.2, 0) is 0 Å². The van der Waals surface area contributed by atoms with Crippen LogP contribution < -0.4 is 0 Å². The first-order valence-electron chi connectivity index (χ1n) is 5.03. The highest BCUT2D eigenvalue weighted by molar-refractivity contribution is 5.21. The third kappa shape index (κ3) is 1.36. The van der Waals surface area contributed by atoms with Crippen LogP contribution in [0.4, 0.5) is 0 Å². The van der Waals surface area contributed by atoms with Crippen molar-refractivity contribution in [2.45, 2.75) is 26.2 Å². The highest BCUT2D eigenvalue weighted by Gasteiger charge is 2.46. The molecule has 1 fully saturated rings. The molecule has 0 unspecified atom stereocenters. The fourth-order valence-corrected chi connectivity index (χ4v) is 2.92. The van der Waals surface area contributed by atoms with Crippen LogP contribution in [0.2, 0.25) is 0 Å². The molecule has 0 N–H and O–H groups in total. The van der Waals surface area contributed by atoms with E-state index < -0.39 is 0 Å². The summed E-state index contributed by atoms with van der Waals surface area (Å²) in [4.78, 5) is 10.2. The number of nitrogens with zero attached hydrogens (tertiary/aromatic N) is 1. The Bertz CT molecular complexity index is 260. The van der Waals surface area contributed by atoms with E-state index in [0.29, 0.717) is 11.8 Å². The molecule has 0 amide bonds. The van der Waals surface area contributed by atoms with Crippen molar-refractivity contribution < 1.29 is 4.92 Å². The lowest BCUT2D eigenvalue weighted by Gasteiger charge is -2.40. The summed E-state index contributed by atoms with van der Waals surface area (Å²) in [6, 6.07) is 0. The average Bonchev–Trinajstić information content (AvgIpc) is 2.37. The second-order valence-corrected chi connectivity index (χ2v) is 4.17. The minimum absolute atomic E-state index is 0.160. The topological polar surface area (TPSA) is 43.1 Å². The minimum Gasteiger partial charge on any atom is -0.265 e. The van der Waals surface area contributed by atoms with Gasteiger partial charge in [0.25, 0.3) is 0 Å². The maximum Gasteiger partial charge on any atom is 0.207 e. The van der Waals surface area contributed by atoms with Gasteiger partial charge < -0.3 is 0 Å². The fraction of sp³-hybridized carbons (Fsp3) is 0.800. The van der Waals surface area contributed by atoms with Crippen LogP contribution in [0.5, 0.6) is 0 Å². The Balaban J connectivity index is 1.97. The number of nitro groups is 1. The second-order valence-electron chi connectivity index (χ2n) is 4.17. The lowest BCUT2D eigenvalue weighted by Crippen LogP contribution is -2.38. The third-order valence-electron chi connectivity index (χ3n) is 3.52. The number of rotatable bonds is 3. The van der Waals surface area contributed by atoms with Gasteiger partial charge in [-0.15, -0.1) is 0 Å². The van der Waals surface area contributed by atoms with E-state index in [1.807, 2.05) is 0 Å². The average molecular weight is 181 g/mol. The molecule has 0 aliphatic heterocycles. The smallest absolute Gasteiger partial charge is 0.207 e. The maximum atomic E-state index is 10.4. The molecule has 3 heteroatoms. The van der Waals surface area contributed by atoms with E-state index >= 15 is 0 Å². The molecule has 2 rings (SSSR count). The lowest BCUT2D eigenvalue weighted by atomic mass is 9.64. The van der Waals surface area contributed by atoms with Crippen molar-refractivity contribution in [1.82, 2.24) is 0 Å². The summed E-state index contributed by atoms with van der Waals surface area (Å²) in [6.45, 7) is 2.33. The van der Waals surface area contributed by atoms with Gasteiger partial charge >= 0.3 is 0 Å². The van der Waals surface area contributed by atoms with Gasteiger partial charge in [-0.2, -0.15) is 0 Å². The third-order valence-corrected chi connectivity index (χ3v) is 3.52. The highest BCUT2D eigenvalue weighted by atomic mass is 16.6. The molecule has 0 radical (unpaired) electrons. The van der Waals surface area contributed by atoms with Gasteiger partial charge in [0.05, 0.1) is 0 Å². The van der Waals surface area contributed by atoms with Crippen molar-refractivity contribution >= 4 is 0 Å². The monoisotopic (exact) mass is 181 g/mol. The summed E-state index contributed by atoms with van der Waals surface area (Å²) >= 11 is 0. The Labute approximate surface area is 78.0 Å². The molecule has 3 atom stereocenters.